The van der Waals surface area contributed by atoms with E-state index in [0.717, 1.165) is 0 Å². The molecule has 9 aromatic carbocycles. The van der Waals surface area contributed by atoms with Crippen molar-refractivity contribution in [2.24, 2.45) is 0 Å². The lowest BCUT2D eigenvalue weighted by molar-refractivity contribution is 0.660. The maximum atomic E-state index is 2.68. The number of benzene rings is 9. The molecule has 0 heterocycles. The first-order valence-corrected chi connectivity index (χ1v) is 21.5. The molecule has 0 amide bonds. The summed E-state index contributed by atoms with van der Waals surface area (Å²) in [6.45, 7) is 9.64. The van der Waals surface area contributed by atoms with E-state index in [1.165, 1.54) is 117 Å². The van der Waals surface area contributed by atoms with Crippen molar-refractivity contribution in [3.05, 3.63) is 233 Å². The van der Waals surface area contributed by atoms with E-state index in [9.17, 15) is 0 Å². The van der Waals surface area contributed by atoms with Crippen LogP contribution >= 0.6 is 0 Å². The summed E-state index contributed by atoms with van der Waals surface area (Å²) in [7, 11) is 0. The fraction of sp³-hybridized carbons (Fsp3) is 0.119. The smallest absolute Gasteiger partial charge is 0.0726 e. The van der Waals surface area contributed by atoms with Crippen LogP contribution in [-0.4, -0.2) is 0 Å². The number of anilines is 3. The summed E-state index contributed by atoms with van der Waals surface area (Å²) in [6, 6.07) is 71.5. The summed E-state index contributed by atoms with van der Waals surface area (Å²) < 4.78 is 0. The Morgan fingerprint density at radius 2 is 0.733 bits per heavy atom. The Morgan fingerprint density at radius 1 is 0.317 bits per heavy atom. The Labute approximate surface area is 352 Å². The van der Waals surface area contributed by atoms with Gasteiger partial charge in [0.2, 0.25) is 0 Å². The topological polar surface area (TPSA) is 3.24 Å². The van der Waals surface area contributed by atoms with Crippen molar-refractivity contribution in [1.82, 2.24) is 0 Å². The zero-order valence-corrected chi connectivity index (χ0v) is 34.3. The largest absolute Gasteiger partial charge is 0.309 e. The Hall–Kier alpha value is -6.96. The van der Waals surface area contributed by atoms with Crippen molar-refractivity contribution in [3.63, 3.8) is 0 Å². The lowest BCUT2D eigenvalue weighted by atomic mass is 9.70. The van der Waals surface area contributed by atoms with Crippen molar-refractivity contribution in [2.45, 2.75) is 43.9 Å². The number of nitrogens with zero attached hydrogens (tertiary/aromatic N) is 1. The highest BCUT2D eigenvalue weighted by molar-refractivity contribution is 6.10. The van der Waals surface area contributed by atoms with E-state index in [1.54, 1.807) is 0 Å². The van der Waals surface area contributed by atoms with Crippen LogP contribution in [0.5, 0.6) is 0 Å². The monoisotopic (exact) mass is 765 g/mol. The lowest BCUT2D eigenvalue weighted by Crippen LogP contribution is -2.26. The van der Waals surface area contributed by atoms with Gasteiger partial charge in [-0.2, -0.15) is 0 Å². The minimum Gasteiger partial charge on any atom is -0.309 e. The van der Waals surface area contributed by atoms with Crippen LogP contribution in [0.1, 0.15) is 72.2 Å². The summed E-state index contributed by atoms with van der Waals surface area (Å²) in [6.07, 6.45) is 0. The van der Waals surface area contributed by atoms with Gasteiger partial charge in [0.15, 0.2) is 0 Å². The van der Waals surface area contributed by atoms with Crippen molar-refractivity contribution in [3.8, 4) is 44.5 Å². The molecule has 4 aliphatic rings. The SMILES string of the molecule is CC1(C)c2ccccc2-c2c(N(c3cccc4c3-c3ccccc3C43c4ccccc4-c4ccccc43)c3cc4ccccc4c4c3-c3ccccc3C4(C)C)cccc21. The van der Waals surface area contributed by atoms with Crippen LogP contribution in [0.2, 0.25) is 0 Å². The first-order chi connectivity index (χ1) is 29.3. The third-order valence-corrected chi connectivity index (χ3v) is 14.8. The second-order valence-electron chi connectivity index (χ2n) is 18.3. The Kier molecular flexibility index (Phi) is 6.57. The highest BCUT2D eigenvalue weighted by Gasteiger charge is 2.53. The van der Waals surface area contributed by atoms with Crippen LogP contribution < -0.4 is 4.90 Å². The van der Waals surface area contributed by atoms with Gasteiger partial charge in [-0.3, -0.25) is 0 Å². The third kappa shape index (κ3) is 3.99. The standard InChI is InChI=1S/C59H43N/c1-57(2)43-26-12-9-23-40(43)53-48(57)31-17-33-50(53)60(52-35-36-19-5-6-20-37(36)56-55(52)41-24-10-13-27-44(41)58(56,3)4)51-34-18-32-49-54(51)42-25-11-16-30-47(42)59(49)45-28-14-7-21-38(45)39-22-8-15-29-46(39)59/h5-35H,1-4H3. The van der Waals surface area contributed by atoms with Crippen molar-refractivity contribution in [1.29, 1.82) is 0 Å². The van der Waals surface area contributed by atoms with Gasteiger partial charge >= 0.3 is 0 Å². The second kappa shape index (κ2) is 11.6. The van der Waals surface area contributed by atoms with Crippen LogP contribution in [-0.2, 0) is 16.2 Å². The highest BCUT2D eigenvalue weighted by Crippen LogP contribution is 2.66. The molecule has 0 aromatic heterocycles. The van der Waals surface area contributed by atoms with Gasteiger partial charge in [0.05, 0.1) is 22.5 Å². The van der Waals surface area contributed by atoms with Gasteiger partial charge < -0.3 is 4.90 Å². The maximum absolute atomic E-state index is 2.68. The summed E-state index contributed by atoms with van der Waals surface area (Å²) in [5.74, 6) is 0. The number of hydrogen-bond donors (Lipinski definition) is 0. The van der Waals surface area contributed by atoms with Crippen molar-refractivity contribution >= 4 is 27.8 Å². The molecule has 9 aromatic rings. The molecule has 0 saturated carbocycles. The number of hydrogen-bond acceptors (Lipinski definition) is 1. The Morgan fingerprint density at radius 3 is 1.35 bits per heavy atom. The zero-order valence-electron chi connectivity index (χ0n) is 34.3. The summed E-state index contributed by atoms with van der Waals surface area (Å²) >= 11 is 0. The lowest BCUT2D eigenvalue weighted by Gasteiger charge is -2.34. The van der Waals surface area contributed by atoms with E-state index >= 15 is 0 Å². The van der Waals surface area contributed by atoms with Gasteiger partial charge in [-0.1, -0.05) is 198 Å². The zero-order chi connectivity index (χ0) is 40.1. The summed E-state index contributed by atoms with van der Waals surface area (Å²) in [5, 5.41) is 2.58. The van der Waals surface area contributed by atoms with Crippen LogP contribution in [0.15, 0.2) is 188 Å². The van der Waals surface area contributed by atoms with E-state index in [1.807, 2.05) is 0 Å². The van der Waals surface area contributed by atoms with Crippen LogP contribution in [0.4, 0.5) is 17.1 Å². The second-order valence-corrected chi connectivity index (χ2v) is 18.3. The molecule has 0 N–H and O–H groups in total. The van der Waals surface area contributed by atoms with Crippen LogP contribution in [0.3, 0.4) is 0 Å². The third-order valence-electron chi connectivity index (χ3n) is 14.8. The minimum absolute atomic E-state index is 0.153. The molecule has 4 aliphatic carbocycles. The Bertz CT molecular complexity index is 3290. The molecule has 0 fully saturated rings. The molecule has 0 saturated heterocycles. The average Bonchev–Trinajstić information content (AvgIpc) is 3.93. The average molecular weight is 766 g/mol. The minimum atomic E-state index is -0.450. The molecule has 284 valence electrons. The van der Waals surface area contributed by atoms with E-state index < -0.39 is 5.41 Å². The van der Waals surface area contributed by atoms with Gasteiger partial charge in [0.25, 0.3) is 0 Å². The maximum Gasteiger partial charge on any atom is 0.0726 e. The van der Waals surface area contributed by atoms with E-state index in [-0.39, 0.29) is 10.8 Å². The molecular formula is C59H43N. The molecule has 1 nitrogen and oxygen atoms in total. The molecular weight excluding hydrogens is 723 g/mol. The number of fused-ring (bicyclic) bond motifs is 18. The quantitative estimate of drug-likeness (QED) is 0.173. The van der Waals surface area contributed by atoms with Crippen molar-refractivity contribution < 1.29 is 0 Å². The van der Waals surface area contributed by atoms with Crippen LogP contribution in [0, 0.1) is 0 Å². The fourth-order valence-electron chi connectivity index (χ4n) is 12.4. The first-order valence-electron chi connectivity index (χ1n) is 21.5. The predicted octanol–water partition coefficient (Wildman–Crippen LogP) is 15.3. The molecule has 0 radical (unpaired) electrons. The normalized spacial score (nSPS) is 15.7. The predicted molar refractivity (Wildman–Crippen MR) is 250 cm³/mol. The Balaban J connectivity index is 1.21. The van der Waals surface area contributed by atoms with E-state index in [2.05, 4.69) is 221 Å². The van der Waals surface area contributed by atoms with E-state index in [4.69, 9.17) is 0 Å². The summed E-state index contributed by atoms with van der Waals surface area (Å²) in [5.41, 5.74) is 24.3. The van der Waals surface area contributed by atoms with E-state index in [0.29, 0.717) is 0 Å². The molecule has 1 heteroatoms. The molecule has 13 rings (SSSR count). The molecule has 0 bridgehead atoms. The van der Waals surface area contributed by atoms with Gasteiger partial charge in [-0.05, 0) is 101 Å². The molecule has 0 aliphatic heterocycles. The molecule has 0 atom stereocenters. The molecule has 60 heavy (non-hydrogen) atoms. The highest BCUT2D eigenvalue weighted by atomic mass is 15.2. The number of rotatable bonds is 3. The molecule has 0 unspecified atom stereocenters. The fourth-order valence-corrected chi connectivity index (χ4v) is 12.4. The van der Waals surface area contributed by atoms with Gasteiger partial charge in [-0.25, -0.2) is 0 Å². The van der Waals surface area contributed by atoms with Crippen molar-refractivity contribution in [2.75, 3.05) is 4.90 Å². The molecule has 1 spiro atoms. The van der Waals surface area contributed by atoms with Gasteiger partial charge in [0.1, 0.15) is 0 Å². The van der Waals surface area contributed by atoms with Gasteiger partial charge in [-0.15, -0.1) is 0 Å². The van der Waals surface area contributed by atoms with Crippen LogP contribution in [0.25, 0.3) is 55.3 Å². The summed E-state index contributed by atoms with van der Waals surface area (Å²) in [4.78, 5) is 2.68. The van der Waals surface area contributed by atoms with Gasteiger partial charge in [0, 0.05) is 27.5 Å². The first kappa shape index (κ1) is 34.0.